The van der Waals surface area contributed by atoms with Crippen LogP contribution in [0.1, 0.15) is 11.3 Å². The third-order valence-corrected chi connectivity index (χ3v) is 3.46. The number of hydrogen-bond donors (Lipinski definition) is 0. The summed E-state index contributed by atoms with van der Waals surface area (Å²) in [5.41, 5.74) is 2.06. The van der Waals surface area contributed by atoms with Crippen molar-refractivity contribution in [3.05, 3.63) is 66.5 Å². The Bertz CT molecular complexity index is 677. The second-order valence-electron chi connectivity index (χ2n) is 4.21. The van der Waals surface area contributed by atoms with E-state index in [1.54, 1.807) is 12.1 Å². The fraction of sp³-hybridized carbons (Fsp3) is 0.133. The van der Waals surface area contributed by atoms with Gasteiger partial charge in [0.2, 0.25) is 5.69 Å². The first-order valence-corrected chi connectivity index (χ1v) is 7.35. The minimum absolute atomic E-state index is 0.178. The summed E-state index contributed by atoms with van der Waals surface area (Å²) in [7, 11) is -2.27. The molecule has 1 heterocycles. The molecule has 5 heteroatoms. The van der Waals surface area contributed by atoms with Gasteiger partial charge < -0.3 is 4.55 Å². The summed E-state index contributed by atoms with van der Waals surface area (Å²) in [6.45, 7) is 5.49. The fourth-order valence-electron chi connectivity index (χ4n) is 1.45. The van der Waals surface area contributed by atoms with Crippen molar-refractivity contribution in [2.75, 3.05) is 0 Å². The molecule has 0 atom stereocenters. The van der Waals surface area contributed by atoms with Crippen LogP contribution in [0.25, 0.3) is 6.08 Å². The molecule has 20 heavy (non-hydrogen) atoms. The summed E-state index contributed by atoms with van der Waals surface area (Å²) < 4.78 is 33.2. The standard InChI is InChI=1S/C8H10N.C7H8O3S/c1-3-8-6-4-5-7-9(8)2;1-6-2-4-7(5-3-6)11(8,9)10/h3-7H,1H2,2H3;2-5H,1H3,(H,8,9,10)/q+1;/p-1. The lowest BCUT2D eigenvalue weighted by atomic mass is 10.2. The molecule has 4 nitrogen and oxygen atoms in total. The third-order valence-electron chi connectivity index (χ3n) is 2.61. The van der Waals surface area contributed by atoms with Crippen molar-refractivity contribution in [3.63, 3.8) is 0 Å². The highest BCUT2D eigenvalue weighted by Crippen LogP contribution is 2.08. The summed E-state index contributed by atoms with van der Waals surface area (Å²) >= 11 is 0. The molecule has 1 aromatic carbocycles. The van der Waals surface area contributed by atoms with Crippen LogP contribution in [0.4, 0.5) is 0 Å². The minimum atomic E-state index is -4.27. The van der Waals surface area contributed by atoms with Gasteiger partial charge in [0, 0.05) is 18.2 Å². The molecule has 0 aliphatic carbocycles. The Morgan fingerprint density at radius 3 is 2.15 bits per heavy atom. The molecule has 2 rings (SSSR count). The molecule has 0 radical (unpaired) electrons. The average Bonchev–Trinajstić information content (AvgIpc) is 2.39. The predicted octanol–water partition coefficient (Wildman–Crippen LogP) is 2.05. The van der Waals surface area contributed by atoms with Gasteiger partial charge >= 0.3 is 0 Å². The van der Waals surface area contributed by atoms with Crippen molar-refractivity contribution >= 4 is 16.2 Å². The predicted molar refractivity (Wildman–Crippen MR) is 76.9 cm³/mol. The number of aryl methyl sites for hydroxylation is 2. The first-order valence-electron chi connectivity index (χ1n) is 5.94. The number of aromatic nitrogens is 1. The maximum absolute atomic E-state index is 10.4. The largest absolute Gasteiger partial charge is 0.744 e. The molecule has 0 bridgehead atoms. The summed E-state index contributed by atoms with van der Waals surface area (Å²) in [6, 6.07) is 11.8. The van der Waals surface area contributed by atoms with E-state index in [1.807, 2.05) is 49.0 Å². The monoisotopic (exact) mass is 291 g/mol. The van der Waals surface area contributed by atoms with Crippen LogP contribution in [0.5, 0.6) is 0 Å². The molecule has 106 valence electrons. The van der Waals surface area contributed by atoms with E-state index >= 15 is 0 Å². The molecule has 0 fully saturated rings. The van der Waals surface area contributed by atoms with Crippen molar-refractivity contribution < 1.29 is 17.5 Å². The Labute approximate surface area is 119 Å². The van der Waals surface area contributed by atoms with E-state index in [-0.39, 0.29) is 4.90 Å². The van der Waals surface area contributed by atoms with Gasteiger partial charge in [-0.1, -0.05) is 24.3 Å². The Morgan fingerprint density at radius 2 is 1.75 bits per heavy atom. The molecule has 0 unspecified atom stereocenters. The minimum Gasteiger partial charge on any atom is -0.744 e. The van der Waals surface area contributed by atoms with E-state index in [2.05, 4.69) is 6.58 Å². The van der Waals surface area contributed by atoms with E-state index in [1.165, 1.54) is 12.1 Å². The van der Waals surface area contributed by atoms with Crippen LogP contribution in [0.2, 0.25) is 0 Å². The highest BCUT2D eigenvalue weighted by atomic mass is 32.2. The van der Waals surface area contributed by atoms with Gasteiger partial charge in [-0.15, -0.1) is 0 Å². The first kappa shape index (κ1) is 16.1. The van der Waals surface area contributed by atoms with Gasteiger partial charge in [0.15, 0.2) is 6.20 Å². The maximum atomic E-state index is 10.4. The molecule has 0 saturated carbocycles. The molecule has 0 N–H and O–H groups in total. The Balaban J connectivity index is 0.000000204. The normalized spacial score (nSPS) is 10.3. The summed E-state index contributed by atoms with van der Waals surface area (Å²) in [4.78, 5) is -0.178. The summed E-state index contributed by atoms with van der Waals surface area (Å²) in [5.74, 6) is 0. The van der Waals surface area contributed by atoms with Crippen molar-refractivity contribution in [1.82, 2.24) is 0 Å². The number of benzene rings is 1. The summed E-state index contributed by atoms with van der Waals surface area (Å²) in [6.07, 6.45) is 3.83. The van der Waals surface area contributed by atoms with Crippen LogP contribution in [-0.4, -0.2) is 13.0 Å². The first-order chi connectivity index (χ1) is 9.34. The third kappa shape index (κ3) is 4.95. The molecular formula is C15H17NO3S. The highest BCUT2D eigenvalue weighted by molar-refractivity contribution is 7.85. The second kappa shape index (κ2) is 6.98. The molecule has 0 aliphatic rings. The van der Waals surface area contributed by atoms with Gasteiger partial charge in [0.1, 0.15) is 17.2 Å². The van der Waals surface area contributed by atoms with Crippen molar-refractivity contribution in [1.29, 1.82) is 0 Å². The molecule has 0 amide bonds. The lowest BCUT2D eigenvalue weighted by Crippen LogP contribution is -2.30. The van der Waals surface area contributed by atoms with Gasteiger partial charge in [-0.3, -0.25) is 0 Å². The van der Waals surface area contributed by atoms with Crippen LogP contribution in [-0.2, 0) is 17.2 Å². The smallest absolute Gasteiger partial charge is 0.204 e. The van der Waals surface area contributed by atoms with Gasteiger partial charge in [0.25, 0.3) is 0 Å². The average molecular weight is 291 g/mol. The second-order valence-corrected chi connectivity index (χ2v) is 5.59. The lowest BCUT2D eigenvalue weighted by molar-refractivity contribution is -0.673. The van der Waals surface area contributed by atoms with E-state index in [4.69, 9.17) is 0 Å². The molecule has 0 aliphatic heterocycles. The topological polar surface area (TPSA) is 61.1 Å². The highest BCUT2D eigenvalue weighted by Gasteiger charge is 1.97. The zero-order valence-electron chi connectivity index (χ0n) is 11.5. The molecule has 0 spiro atoms. The van der Waals surface area contributed by atoms with Crippen molar-refractivity contribution in [3.8, 4) is 0 Å². The number of nitrogens with zero attached hydrogens (tertiary/aromatic N) is 1. The van der Waals surface area contributed by atoms with Crippen LogP contribution >= 0.6 is 0 Å². The Morgan fingerprint density at radius 1 is 1.15 bits per heavy atom. The van der Waals surface area contributed by atoms with Crippen molar-refractivity contribution in [2.24, 2.45) is 7.05 Å². The van der Waals surface area contributed by atoms with E-state index in [0.717, 1.165) is 11.3 Å². The van der Waals surface area contributed by atoms with Gasteiger partial charge in [-0.05, 0) is 25.1 Å². The molecule has 0 saturated heterocycles. The molecule has 2 aromatic rings. The van der Waals surface area contributed by atoms with Gasteiger partial charge in [-0.2, -0.15) is 0 Å². The number of hydrogen-bond acceptors (Lipinski definition) is 3. The van der Waals surface area contributed by atoms with Crippen molar-refractivity contribution in [2.45, 2.75) is 11.8 Å². The Kier molecular flexibility index (Phi) is 5.61. The van der Waals surface area contributed by atoms with Crippen LogP contribution < -0.4 is 4.57 Å². The number of rotatable bonds is 2. The Hall–Kier alpha value is -1.98. The summed E-state index contributed by atoms with van der Waals surface area (Å²) in [5, 5.41) is 0. The maximum Gasteiger partial charge on any atom is 0.204 e. The lowest BCUT2D eigenvalue weighted by Gasteiger charge is -2.05. The van der Waals surface area contributed by atoms with E-state index in [9.17, 15) is 13.0 Å². The zero-order valence-corrected chi connectivity index (χ0v) is 12.3. The number of pyridine rings is 1. The van der Waals surface area contributed by atoms with Gasteiger partial charge in [-0.25, -0.2) is 13.0 Å². The van der Waals surface area contributed by atoms with Gasteiger partial charge in [0.05, 0.1) is 4.90 Å². The zero-order chi connectivity index (χ0) is 15.2. The quantitative estimate of drug-likeness (QED) is 0.628. The van der Waals surface area contributed by atoms with E-state index in [0.29, 0.717) is 0 Å². The SMILES string of the molecule is C=Cc1cccc[n+]1C.Cc1ccc(S(=O)(=O)[O-])cc1. The van der Waals surface area contributed by atoms with Crippen LogP contribution in [0, 0.1) is 6.92 Å². The molecule has 1 aromatic heterocycles. The van der Waals surface area contributed by atoms with E-state index < -0.39 is 10.1 Å². The molecular weight excluding hydrogens is 274 g/mol. The fourth-order valence-corrected chi connectivity index (χ4v) is 1.92. The van der Waals surface area contributed by atoms with Crippen LogP contribution in [0.3, 0.4) is 0 Å². The van der Waals surface area contributed by atoms with Crippen LogP contribution in [0.15, 0.2) is 60.1 Å².